The molecule has 4 saturated heterocycles. The van der Waals surface area contributed by atoms with Gasteiger partial charge in [0, 0.05) is 18.7 Å². The van der Waals surface area contributed by atoms with Gasteiger partial charge in [0.2, 0.25) is 0 Å². The van der Waals surface area contributed by atoms with E-state index >= 15 is 0 Å². The summed E-state index contributed by atoms with van der Waals surface area (Å²) in [6.45, 7) is 5.02. The molecule has 0 radical (unpaired) electrons. The normalized spacial score (nSPS) is 20.9. The second-order valence-corrected chi connectivity index (χ2v) is 14.8. The maximum atomic E-state index is 14.1. The first kappa shape index (κ1) is 39.3. The van der Waals surface area contributed by atoms with E-state index in [1.54, 1.807) is 24.3 Å². The van der Waals surface area contributed by atoms with Gasteiger partial charge in [0.25, 0.3) is 6.29 Å². The molecule has 2 atom stereocenters. The summed E-state index contributed by atoms with van der Waals surface area (Å²) < 4.78 is 29.4. The van der Waals surface area contributed by atoms with Crippen molar-refractivity contribution in [1.29, 1.82) is 0 Å². The number of pyridine rings is 1. The Morgan fingerprint density at radius 2 is 1.57 bits per heavy atom. The lowest BCUT2D eigenvalue weighted by atomic mass is 9.72. The molecule has 13 heteroatoms. The van der Waals surface area contributed by atoms with Gasteiger partial charge in [0.05, 0.1) is 25.2 Å². The minimum absolute atomic E-state index is 0. The Hall–Kier alpha value is -4.39. The molecular formula is C41H45Cl2N3O8. The monoisotopic (exact) mass is 777 g/mol. The van der Waals surface area contributed by atoms with Crippen molar-refractivity contribution in [1.82, 2.24) is 9.80 Å². The van der Waals surface area contributed by atoms with Crippen molar-refractivity contribution in [2.75, 3.05) is 46.9 Å². The highest BCUT2D eigenvalue weighted by molar-refractivity contribution is 6.36. The summed E-state index contributed by atoms with van der Waals surface area (Å²) in [5.41, 5.74) is 2.09. The molecule has 0 aliphatic carbocycles. The first-order chi connectivity index (χ1) is 25.8. The molecule has 5 heterocycles. The van der Waals surface area contributed by atoms with Crippen LogP contribution in [-0.2, 0) is 26.2 Å². The minimum Gasteiger partial charge on any atom is -0.870 e. The summed E-state index contributed by atoms with van der Waals surface area (Å²) in [5, 5.41) is 0.428. The van der Waals surface area contributed by atoms with Gasteiger partial charge in [0.15, 0.2) is 29.6 Å². The molecule has 0 amide bonds. The number of rotatable bonds is 12. The SMILES string of the molecule is COc1ccc([C@@H](OC(=O)c2cccc(CN3CCC(C(=O)O[C@H]4CN5CCC4CC5)(c4ccccc4)CC3)c2)Oc2c(Cl)c[nH+]cc2Cl)cc1OC.[OH-]. The fourth-order valence-electron chi connectivity index (χ4n) is 7.79. The summed E-state index contributed by atoms with van der Waals surface area (Å²) in [4.78, 5) is 35.4. The van der Waals surface area contributed by atoms with Gasteiger partial charge in [-0.2, -0.15) is 0 Å². The number of likely N-dealkylation sites (tertiary alicyclic amines) is 1. The maximum Gasteiger partial charge on any atom is 0.341 e. The van der Waals surface area contributed by atoms with Crippen molar-refractivity contribution in [2.45, 2.75) is 50.0 Å². The smallest absolute Gasteiger partial charge is 0.341 e. The van der Waals surface area contributed by atoms with Crippen molar-refractivity contribution in [3.05, 3.63) is 117 Å². The zero-order valence-corrected chi connectivity index (χ0v) is 31.9. The molecule has 2 N–H and O–H groups in total. The van der Waals surface area contributed by atoms with E-state index in [0.29, 0.717) is 61.0 Å². The van der Waals surface area contributed by atoms with Crippen molar-refractivity contribution in [2.24, 2.45) is 5.92 Å². The minimum atomic E-state index is -1.22. The van der Waals surface area contributed by atoms with E-state index in [1.807, 2.05) is 36.4 Å². The molecule has 4 fully saturated rings. The Labute approximate surface area is 325 Å². The van der Waals surface area contributed by atoms with Crippen molar-refractivity contribution in [3.8, 4) is 17.2 Å². The van der Waals surface area contributed by atoms with Gasteiger partial charge < -0.3 is 29.2 Å². The highest BCUT2D eigenvalue weighted by Gasteiger charge is 2.47. The van der Waals surface area contributed by atoms with Gasteiger partial charge in [-0.1, -0.05) is 65.7 Å². The van der Waals surface area contributed by atoms with Crippen LogP contribution in [0.5, 0.6) is 17.2 Å². The Kier molecular flexibility index (Phi) is 12.7. The van der Waals surface area contributed by atoms with Gasteiger partial charge in [-0.3, -0.25) is 14.6 Å². The Bertz CT molecular complexity index is 1900. The van der Waals surface area contributed by atoms with Crippen LogP contribution in [0.3, 0.4) is 0 Å². The van der Waals surface area contributed by atoms with Crippen molar-refractivity contribution in [3.63, 3.8) is 0 Å². The summed E-state index contributed by atoms with van der Waals surface area (Å²) in [6, 6.07) is 22.5. The molecule has 11 nitrogen and oxygen atoms in total. The number of piperidine rings is 4. The number of carbonyl (C=O) groups is 2. The van der Waals surface area contributed by atoms with Gasteiger partial charge in [-0.15, -0.1) is 0 Å². The number of aromatic nitrogens is 1. The van der Waals surface area contributed by atoms with Crippen LogP contribution in [0, 0.1) is 5.92 Å². The maximum absolute atomic E-state index is 14.1. The lowest BCUT2D eigenvalue weighted by Crippen LogP contribution is -2.54. The largest absolute Gasteiger partial charge is 0.870 e. The van der Waals surface area contributed by atoms with Crippen LogP contribution in [0.15, 0.2) is 85.2 Å². The second kappa shape index (κ2) is 17.4. The Morgan fingerprint density at radius 1 is 0.870 bits per heavy atom. The molecular weight excluding hydrogens is 733 g/mol. The number of nitrogens with zero attached hydrogens (tertiary/aromatic N) is 2. The number of H-pyrrole nitrogens is 1. The molecule has 286 valence electrons. The van der Waals surface area contributed by atoms with E-state index in [1.165, 1.54) is 26.6 Å². The predicted octanol–water partition coefficient (Wildman–Crippen LogP) is 6.75. The molecule has 4 aliphatic heterocycles. The zero-order valence-electron chi connectivity index (χ0n) is 30.3. The number of benzene rings is 3. The molecule has 1 aromatic heterocycles. The molecule has 0 saturated carbocycles. The zero-order chi connectivity index (χ0) is 37.0. The number of halogens is 2. The number of fused-ring (bicyclic) bond motifs is 3. The molecule has 4 aromatic rings. The Morgan fingerprint density at radius 3 is 2.22 bits per heavy atom. The number of nitrogens with one attached hydrogen (secondary N) is 1. The van der Waals surface area contributed by atoms with Gasteiger partial charge in [-0.25, -0.2) is 9.78 Å². The van der Waals surface area contributed by atoms with Crippen LogP contribution < -0.4 is 19.2 Å². The number of hydrogen-bond donors (Lipinski definition) is 0. The van der Waals surface area contributed by atoms with Crippen LogP contribution in [0.1, 0.15) is 59.0 Å². The van der Waals surface area contributed by atoms with E-state index in [4.69, 9.17) is 46.9 Å². The molecule has 54 heavy (non-hydrogen) atoms. The molecule has 4 aliphatic rings. The number of carbonyl (C=O) groups excluding carboxylic acids is 2. The van der Waals surface area contributed by atoms with E-state index in [0.717, 1.165) is 43.6 Å². The number of ether oxygens (including phenoxy) is 5. The van der Waals surface area contributed by atoms with E-state index in [-0.39, 0.29) is 33.3 Å². The fraction of sp³-hybridized carbons (Fsp3) is 0.390. The van der Waals surface area contributed by atoms with Crippen molar-refractivity contribution < 1.29 is 43.7 Å². The quantitative estimate of drug-likeness (QED) is 0.112. The molecule has 8 rings (SSSR count). The summed E-state index contributed by atoms with van der Waals surface area (Å²) in [5.74, 6) is 0.833. The summed E-state index contributed by atoms with van der Waals surface area (Å²) >= 11 is 12.8. The number of esters is 2. The van der Waals surface area contributed by atoms with Crippen LogP contribution in [0.4, 0.5) is 0 Å². The predicted molar refractivity (Wildman–Crippen MR) is 201 cm³/mol. The third kappa shape index (κ3) is 8.45. The molecule has 2 bridgehead atoms. The topological polar surface area (TPSA) is 131 Å². The summed E-state index contributed by atoms with van der Waals surface area (Å²) in [7, 11) is 3.06. The number of aromatic amines is 1. The van der Waals surface area contributed by atoms with E-state index in [2.05, 4.69) is 26.9 Å². The molecule has 0 unspecified atom stereocenters. The molecule has 0 spiro atoms. The highest BCUT2D eigenvalue weighted by atomic mass is 35.5. The van der Waals surface area contributed by atoms with E-state index in [9.17, 15) is 9.59 Å². The lowest BCUT2D eigenvalue weighted by Gasteiger charge is -2.46. The van der Waals surface area contributed by atoms with Gasteiger partial charge in [-0.05, 0) is 99.2 Å². The summed E-state index contributed by atoms with van der Waals surface area (Å²) in [6.07, 6.45) is 5.25. The Balaban J connectivity index is 0.00000497. The van der Waals surface area contributed by atoms with Crippen LogP contribution in [0.2, 0.25) is 10.0 Å². The van der Waals surface area contributed by atoms with Gasteiger partial charge >= 0.3 is 11.9 Å². The van der Waals surface area contributed by atoms with Crippen molar-refractivity contribution >= 4 is 35.1 Å². The lowest BCUT2D eigenvalue weighted by molar-refractivity contribution is -0.377. The average Bonchev–Trinajstić information content (AvgIpc) is 3.19. The average molecular weight is 779 g/mol. The van der Waals surface area contributed by atoms with Crippen LogP contribution in [0.25, 0.3) is 0 Å². The highest BCUT2D eigenvalue weighted by Crippen LogP contribution is 2.40. The second-order valence-electron chi connectivity index (χ2n) is 14.0. The van der Waals surface area contributed by atoms with Crippen LogP contribution in [-0.4, -0.2) is 80.3 Å². The third-order valence-corrected chi connectivity index (χ3v) is 11.4. The third-order valence-electron chi connectivity index (χ3n) is 10.8. The van der Waals surface area contributed by atoms with Crippen LogP contribution >= 0.6 is 23.2 Å². The fourth-order valence-corrected chi connectivity index (χ4v) is 8.25. The van der Waals surface area contributed by atoms with E-state index < -0.39 is 17.7 Å². The number of methoxy groups -OCH3 is 2. The first-order valence-corrected chi connectivity index (χ1v) is 18.8. The standard InChI is InChI=1S/C41H43Cl2N3O7.H2O/c1-49-34-12-11-30(22-35(34)50-2)39(52-37-32(42)23-44-24-33(37)43)53-38(47)29-8-6-7-27(21-29)25-46-19-15-41(16-20-46,31-9-4-3-5-10-31)40(48)51-36-26-45-17-13-28(36)14-18-45;/h3-12,21-24,28,36,39H,13-20,25-26H2,1-2H3;1H2/t36-,39+;/m0./s1. The molecule has 3 aromatic carbocycles. The first-order valence-electron chi connectivity index (χ1n) is 18.0. The van der Waals surface area contributed by atoms with Gasteiger partial charge in [0.1, 0.15) is 16.1 Å². The number of hydrogen-bond acceptors (Lipinski definition) is 10.